The third kappa shape index (κ3) is 3.38. The van der Waals surface area contributed by atoms with Gasteiger partial charge in [-0.05, 0) is 44.9 Å². The van der Waals surface area contributed by atoms with Crippen molar-refractivity contribution in [2.45, 2.75) is 39.5 Å². The summed E-state index contributed by atoms with van der Waals surface area (Å²) in [4.78, 5) is 15.0. The van der Waals surface area contributed by atoms with Crippen molar-refractivity contribution in [1.82, 2.24) is 5.32 Å². The Labute approximate surface area is 127 Å². The molecule has 21 heavy (non-hydrogen) atoms. The van der Waals surface area contributed by atoms with Crippen LogP contribution in [0.5, 0.6) is 5.75 Å². The third-order valence-corrected chi connectivity index (χ3v) is 4.36. The first-order valence-electron chi connectivity index (χ1n) is 7.94. The third-order valence-electron chi connectivity index (χ3n) is 4.36. The van der Waals surface area contributed by atoms with Crippen molar-refractivity contribution < 1.29 is 9.90 Å². The molecule has 1 atom stereocenters. The molecule has 1 aromatic carbocycles. The second-order valence-corrected chi connectivity index (χ2v) is 5.88. The standard InChI is InChI=1S/C17H26N2O2/c1-3-9-17(10-6-11-18-13-17)16(21)19(4-2)14-7-5-8-15(20)12-14/h5,7-8,12,18,20H,3-4,6,9-11,13H2,1-2H3. The Morgan fingerprint density at radius 1 is 1.43 bits per heavy atom. The second kappa shape index (κ2) is 6.94. The van der Waals surface area contributed by atoms with Gasteiger partial charge in [0.1, 0.15) is 5.75 Å². The predicted octanol–water partition coefficient (Wildman–Crippen LogP) is 2.92. The monoisotopic (exact) mass is 290 g/mol. The van der Waals surface area contributed by atoms with Crippen molar-refractivity contribution in [2.24, 2.45) is 5.41 Å². The number of nitrogens with one attached hydrogen (secondary N) is 1. The highest BCUT2D eigenvalue weighted by Crippen LogP contribution is 2.35. The van der Waals surface area contributed by atoms with Crippen molar-refractivity contribution in [3.05, 3.63) is 24.3 Å². The van der Waals surface area contributed by atoms with Gasteiger partial charge in [-0.1, -0.05) is 19.4 Å². The first kappa shape index (κ1) is 15.8. The fourth-order valence-electron chi connectivity index (χ4n) is 3.34. The lowest BCUT2D eigenvalue weighted by molar-refractivity contribution is -0.129. The molecule has 0 aliphatic carbocycles. The lowest BCUT2D eigenvalue weighted by atomic mass is 9.75. The van der Waals surface area contributed by atoms with Crippen LogP contribution in [0.3, 0.4) is 0 Å². The van der Waals surface area contributed by atoms with Gasteiger partial charge in [0.05, 0.1) is 5.41 Å². The topological polar surface area (TPSA) is 52.6 Å². The van der Waals surface area contributed by atoms with Crippen LogP contribution in [0.25, 0.3) is 0 Å². The van der Waals surface area contributed by atoms with Gasteiger partial charge in [0.2, 0.25) is 5.91 Å². The van der Waals surface area contributed by atoms with E-state index >= 15 is 0 Å². The molecule has 1 amide bonds. The number of phenols is 1. The van der Waals surface area contributed by atoms with Gasteiger partial charge >= 0.3 is 0 Å². The summed E-state index contributed by atoms with van der Waals surface area (Å²) in [5, 5.41) is 13.1. The Balaban J connectivity index is 2.29. The van der Waals surface area contributed by atoms with Crippen LogP contribution in [0, 0.1) is 5.41 Å². The number of anilines is 1. The van der Waals surface area contributed by atoms with Crippen LogP contribution < -0.4 is 10.2 Å². The van der Waals surface area contributed by atoms with Crippen LogP contribution in [-0.4, -0.2) is 30.6 Å². The summed E-state index contributed by atoms with van der Waals surface area (Å²) in [6.07, 6.45) is 3.91. The number of benzene rings is 1. The van der Waals surface area contributed by atoms with E-state index in [2.05, 4.69) is 12.2 Å². The van der Waals surface area contributed by atoms with Crippen LogP contribution in [-0.2, 0) is 4.79 Å². The lowest BCUT2D eigenvalue weighted by Gasteiger charge is -2.40. The van der Waals surface area contributed by atoms with Gasteiger partial charge in [-0.2, -0.15) is 0 Å². The largest absolute Gasteiger partial charge is 0.508 e. The first-order chi connectivity index (χ1) is 10.1. The molecule has 0 radical (unpaired) electrons. The van der Waals surface area contributed by atoms with Crippen molar-refractivity contribution in [3.8, 4) is 5.75 Å². The summed E-state index contributed by atoms with van der Waals surface area (Å²) >= 11 is 0. The van der Waals surface area contributed by atoms with Gasteiger partial charge in [0.15, 0.2) is 0 Å². The maximum absolute atomic E-state index is 13.2. The first-order valence-corrected chi connectivity index (χ1v) is 7.94. The van der Waals surface area contributed by atoms with Crippen molar-refractivity contribution in [3.63, 3.8) is 0 Å². The van der Waals surface area contributed by atoms with E-state index in [0.717, 1.165) is 44.5 Å². The summed E-state index contributed by atoms with van der Waals surface area (Å²) in [7, 11) is 0. The van der Waals surface area contributed by atoms with Gasteiger partial charge in [0.25, 0.3) is 0 Å². The Morgan fingerprint density at radius 2 is 2.24 bits per heavy atom. The molecule has 116 valence electrons. The quantitative estimate of drug-likeness (QED) is 0.876. The molecule has 0 aromatic heterocycles. The summed E-state index contributed by atoms with van der Waals surface area (Å²) < 4.78 is 0. The maximum atomic E-state index is 13.2. The Kier molecular flexibility index (Phi) is 5.23. The van der Waals surface area contributed by atoms with E-state index < -0.39 is 0 Å². The van der Waals surface area contributed by atoms with E-state index in [1.165, 1.54) is 0 Å². The zero-order valence-electron chi connectivity index (χ0n) is 13.1. The maximum Gasteiger partial charge on any atom is 0.234 e. The highest BCUT2D eigenvalue weighted by molar-refractivity contribution is 5.98. The van der Waals surface area contributed by atoms with Gasteiger partial charge in [-0.3, -0.25) is 4.79 Å². The average molecular weight is 290 g/mol. The fourth-order valence-corrected chi connectivity index (χ4v) is 3.34. The van der Waals surface area contributed by atoms with Crippen LogP contribution in [0.4, 0.5) is 5.69 Å². The van der Waals surface area contributed by atoms with E-state index in [9.17, 15) is 9.90 Å². The molecule has 2 rings (SSSR count). The molecule has 0 spiro atoms. The lowest BCUT2D eigenvalue weighted by Crippen LogP contribution is -2.52. The molecule has 1 saturated heterocycles. The second-order valence-electron chi connectivity index (χ2n) is 5.88. The molecule has 4 heteroatoms. The van der Waals surface area contributed by atoms with Crippen molar-refractivity contribution in [1.29, 1.82) is 0 Å². The summed E-state index contributed by atoms with van der Waals surface area (Å²) in [6, 6.07) is 6.96. The number of amides is 1. The van der Waals surface area contributed by atoms with Crippen molar-refractivity contribution in [2.75, 3.05) is 24.5 Å². The van der Waals surface area contributed by atoms with Gasteiger partial charge < -0.3 is 15.3 Å². The Hall–Kier alpha value is -1.55. The molecular formula is C17H26N2O2. The Morgan fingerprint density at radius 3 is 2.81 bits per heavy atom. The van der Waals surface area contributed by atoms with Crippen LogP contribution in [0.15, 0.2) is 24.3 Å². The van der Waals surface area contributed by atoms with E-state index in [1.54, 1.807) is 18.2 Å². The molecule has 1 unspecified atom stereocenters. The molecule has 0 saturated carbocycles. The van der Waals surface area contributed by atoms with Crippen LogP contribution in [0.2, 0.25) is 0 Å². The van der Waals surface area contributed by atoms with Crippen molar-refractivity contribution >= 4 is 11.6 Å². The number of nitrogens with zero attached hydrogens (tertiary/aromatic N) is 1. The molecule has 0 bridgehead atoms. The molecule has 1 heterocycles. The molecule has 4 nitrogen and oxygen atoms in total. The number of piperidine rings is 1. The molecular weight excluding hydrogens is 264 g/mol. The zero-order chi connectivity index (χ0) is 15.3. The molecule has 2 N–H and O–H groups in total. The molecule has 1 aliphatic heterocycles. The normalized spacial score (nSPS) is 22.0. The number of carbonyl (C=O) groups is 1. The van der Waals surface area contributed by atoms with E-state index in [4.69, 9.17) is 0 Å². The number of hydrogen-bond acceptors (Lipinski definition) is 3. The van der Waals surface area contributed by atoms with Crippen LogP contribution >= 0.6 is 0 Å². The fraction of sp³-hybridized carbons (Fsp3) is 0.588. The number of phenolic OH excluding ortho intramolecular Hbond substituents is 1. The summed E-state index contributed by atoms with van der Waals surface area (Å²) in [5.74, 6) is 0.384. The number of carbonyl (C=O) groups excluding carboxylic acids is 1. The van der Waals surface area contributed by atoms with Gasteiger partial charge in [-0.25, -0.2) is 0 Å². The number of rotatable bonds is 5. The predicted molar refractivity (Wildman–Crippen MR) is 85.6 cm³/mol. The Bertz CT molecular complexity index is 476. The number of hydrogen-bond donors (Lipinski definition) is 2. The van der Waals surface area contributed by atoms with E-state index in [0.29, 0.717) is 6.54 Å². The molecule has 1 aromatic rings. The van der Waals surface area contributed by atoms with Gasteiger partial charge in [-0.15, -0.1) is 0 Å². The SMILES string of the molecule is CCCC1(C(=O)N(CC)c2cccc(O)c2)CCCNC1. The van der Waals surface area contributed by atoms with Gasteiger partial charge in [0, 0.05) is 24.8 Å². The van der Waals surface area contributed by atoms with E-state index in [1.807, 2.05) is 17.9 Å². The smallest absolute Gasteiger partial charge is 0.234 e. The average Bonchev–Trinajstić information content (AvgIpc) is 2.49. The summed E-state index contributed by atoms with van der Waals surface area (Å²) in [6.45, 7) is 6.49. The molecule has 1 fully saturated rings. The zero-order valence-corrected chi connectivity index (χ0v) is 13.1. The minimum Gasteiger partial charge on any atom is -0.508 e. The minimum absolute atomic E-state index is 0.185. The summed E-state index contributed by atoms with van der Waals surface area (Å²) in [5.41, 5.74) is 0.484. The van der Waals surface area contributed by atoms with Crippen LogP contribution in [0.1, 0.15) is 39.5 Å². The number of aromatic hydroxyl groups is 1. The minimum atomic E-state index is -0.297. The highest BCUT2D eigenvalue weighted by atomic mass is 16.3. The van der Waals surface area contributed by atoms with E-state index in [-0.39, 0.29) is 17.1 Å². The molecule has 1 aliphatic rings. The highest BCUT2D eigenvalue weighted by Gasteiger charge is 2.41.